The summed E-state index contributed by atoms with van der Waals surface area (Å²) in [6, 6.07) is 0.780. The van der Waals surface area contributed by atoms with E-state index in [4.69, 9.17) is 11.6 Å². The van der Waals surface area contributed by atoms with Crippen LogP contribution in [0.5, 0.6) is 0 Å². The summed E-state index contributed by atoms with van der Waals surface area (Å²) in [5.41, 5.74) is -0.244. The van der Waals surface area contributed by atoms with Crippen molar-refractivity contribution in [2.24, 2.45) is 5.92 Å². The number of hydrogen-bond acceptors (Lipinski definition) is 6. The predicted octanol–water partition coefficient (Wildman–Crippen LogP) is 1.93. The van der Waals surface area contributed by atoms with E-state index in [9.17, 15) is 10.1 Å². The van der Waals surface area contributed by atoms with Crippen LogP contribution >= 0.6 is 11.6 Å². The highest BCUT2D eigenvalue weighted by atomic mass is 35.5. The van der Waals surface area contributed by atoms with Gasteiger partial charge in [0.25, 0.3) is 0 Å². The van der Waals surface area contributed by atoms with Crippen LogP contribution < -0.4 is 5.32 Å². The van der Waals surface area contributed by atoms with Crippen molar-refractivity contribution in [3.8, 4) is 0 Å². The molecule has 0 spiro atoms. The van der Waals surface area contributed by atoms with Gasteiger partial charge in [0, 0.05) is 19.1 Å². The fraction of sp³-hybridized carbons (Fsp3) is 0.667. The zero-order valence-electron chi connectivity index (χ0n) is 11.0. The normalized spacial score (nSPS) is 22.9. The lowest BCUT2D eigenvalue weighted by molar-refractivity contribution is -0.384. The van der Waals surface area contributed by atoms with Crippen LogP contribution in [0.3, 0.4) is 0 Å². The van der Waals surface area contributed by atoms with Crippen LogP contribution in [0.2, 0.25) is 5.15 Å². The van der Waals surface area contributed by atoms with E-state index in [1.165, 1.54) is 19.2 Å². The number of rotatable bonds is 5. The van der Waals surface area contributed by atoms with Crippen LogP contribution in [0.25, 0.3) is 0 Å². The van der Waals surface area contributed by atoms with Crippen molar-refractivity contribution in [1.29, 1.82) is 0 Å². The van der Waals surface area contributed by atoms with Crippen molar-refractivity contribution in [2.45, 2.75) is 25.3 Å². The zero-order chi connectivity index (χ0) is 14.1. The number of hydrogen-bond donors (Lipinski definition) is 1. The van der Waals surface area contributed by atoms with Crippen molar-refractivity contribution in [1.82, 2.24) is 14.9 Å². The fourth-order valence-corrected chi connectivity index (χ4v) is 2.89. The third kappa shape index (κ3) is 2.83. The zero-order valence-corrected chi connectivity index (χ0v) is 11.7. The van der Waals surface area contributed by atoms with Crippen LogP contribution in [0, 0.1) is 16.0 Å². The van der Waals surface area contributed by atoms with Gasteiger partial charge in [-0.15, -0.1) is 0 Å². The van der Waals surface area contributed by atoms with Crippen molar-refractivity contribution < 1.29 is 4.92 Å². The summed E-state index contributed by atoms with van der Waals surface area (Å²) >= 11 is 5.75. The Balaban J connectivity index is 1.61. The van der Waals surface area contributed by atoms with E-state index in [-0.39, 0.29) is 16.7 Å². The molecule has 1 saturated carbocycles. The van der Waals surface area contributed by atoms with E-state index in [1.54, 1.807) is 0 Å². The van der Waals surface area contributed by atoms with Crippen molar-refractivity contribution in [3.05, 3.63) is 21.6 Å². The minimum atomic E-state index is -0.546. The smallest absolute Gasteiger partial charge is 0.348 e. The Labute approximate surface area is 121 Å². The molecule has 0 radical (unpaired) electrons. The molecule has 1 aromatic rings. The number of likely N-dealkylation sites (tertiary alicyclic amines) is 1. The Bertz CT molecular complexity index is 523. The first-order valence-electron chi connectivity index (χ1n) is 6.78. The average Bonchev–Trinajstić information content (AvgIpc) is 3.15. The number of anilines is 1. The SMILES string of the molecule is O=[N+]([O-])c1c(Cl)ncnc1NCC1CCN(C2CC2)C1. The van der Waals surface area contributed by atoms with Gasteiger partial charge in [-0.1, -0.05) is 11.6 Å². The molecule has 1 unspecified atom stereocenters. The van der Waals surface area contributed by atoms with Crippen LogP contribution in [-0.2, 0) is 0 Å². The maximum Gasteiger partial charge on any atom is 0.348 e. The van der Waals surface area contributed by atoms with Crippen LogP contribution in [0.4, 0.5) is 11.5 Å². The lowest BCUT2D eigenvalue weighted by atomic mass is 10.1. The van der Waals surface area contributed by atoms with Gasteiger partial charge in [-0.2, -0.15) is 0 Å². The first kappa shape index (κ1) is 13.5. The number of halogens is 1. The van der Waals surface area contributed by atoms with Gasteiger partial charge < -0.3 is 10.2 Å². The van der Waals surface area contributed by atoms with E-state index in [1.807, 2.05) is 0 Å². The van der Waals surface area contributed by atoms with E-state index in [0.29, 0.717) is 12.5 Å². The molecule has 1 atom stereocenters. The summed E-state index contributed by atoms with van der Waals surface area (Å²) in [4.78, 5) is 20.5. The van der Waals surface area contributed by atoms with Gasteiger partial charge >= 0.3 is 5.69 Å². The predicted molar refractivity (Wildman–Crippen MR) is 74.9 cm³/mol. The second kappa shape index (κ2) is 5.49. The van der Waals surface area contributed by atoms with Gasteiger partial charge in [-0.3, -0.25) is 10.1 Å². The average molecular weight is 298 g/mol. The molecule has 1 saturated heterocycles. The summed E-state index contributed by atoms with van der Waals surface area (Å²) in [6.07, 6.45) is 4.99. The van der Waals surface area contributed by atoms with Gasteiger partial charge in [-0.25, -0.2) is 9.97 Å². The van der Waals surface area contributed by atoms with Gasteiger partial charge in [0.05, 0.1) is 4.92 Å². The lowest BCUT2D eigenvalue weighted by Gasteiger charge is -2.15. The second-order valence-electron chi connectivity index (χ2n) is 5.38. The van der Waals surface area contributed by atoms with Gasteiger partial charge in [0.15, 0.2) is 0 Å². The molecule has 0 bridgehead atoms. The Morgan fingerprint density at radius 2 is 2.25 bits per heavy atom. The van der Waals surface area contributed by atoms with Crippen molar-refractivity contribution in [3.63, 3.8) is 0 Å². The largest absolute Gasteiger partial charge is 0.364 e. The topological polar surface area (TPSA) is 84.2 Å². The first-order valence-corrected chi connectivity index (χ1v) is 7.15. The molecule has 20 heavy (non-hydrogen) atoms. The van der Waals surface area contributed by atoms with Crippen LogP contribution in [0.1, 0.15) is 19.3 Å². The molecule has 3 rings (SSSR count). The Kier molecular flexibility index (Phi) is 3.71. The molecule has 1 N–H and O–H groups in total. The van der Waals surface area contributed by atoms with E-state index < -0.39 is 4.92 Å². The molecule has 0 amide bonds. The fourth-order valence-electron chi connectivity index (χ4n) is 2.69. The third-order valence-corrected chi connectivity index (χ3v) is 4.18. The molecule has 1 aromatic heterocycles. The lowest BCUT2D eigenvalue weighted by Crippen LogP contribution is -2.25. The number of aromatic nitrogens is 2. The molecule has 1 aliphatic carbocycles. The molecule has 2 heterocycles. The molecule has 2 fully saturated rings. The summed E-state index contributed by atoms with van der Waals surface area (Å²) in [7, 11) is 0. The number of nitrogens with one attached hydrogen (secondary N) is 1. The highest BCUT2D eigenvalue weighted by molar-refractivity contribution is 6.31. The standard InChI is InChI=1S/C12H16ClN5O2/c13-11-10(18(19)20)12(16-7-15-11)14-5-8-3-4-17(6-8)9-1-2-9/h7-9H,1-6H2,(H,14,15,16). The van der Waals surface area contributed by atoms with E-state index in [0.717, 1.165) is 25.6 Å². The Hall–Kier alpha value is -1.47. The molecule has 7 nitrogen and oxygen atoms in total. The maximum atomic E-state index is 11.0. The summed E-state index contributed by atoms with van der Waals surface area (Å²) in [5, 5.41) is 13.9. The van der Waals surface area contributed by atoms with Gasteiger partial charge in [0.2, 0.25) is 11.0 Å². The highest BCUT2D eigenvalue weighted by Crippen LogP contribution is 2.32. The van der Waals surface area contributed by atoms with E-state index >= 15 is 0 Å². The third-order valence-electron chi connectivity index (χ3n) is 3.90. The van der Waals surface area contributed by atoms with Gasteiger partial charge in [0.1, 0.15) is 6.33 Å². The number of nitro groups is 1. The minimum Gasteiger partial charge on any atom is -0.364 e. The quantitative estimate of drug-likeness (QED) is 0.508. The molecule has 2 aliphatic rings. The minimum absolute atomic E-state index is 0.126. The molecular formula is C12H16ClN5O2. The first-order chi connectivity index (χ1) is 9.65. The van der Waals surface area contributed by atoms with Gasteiger partial charge in [-0.05, 0) is 31.7 Å². The molecule has 8 heteroatoms. The van der Waals surface area contributed by atoms with Crippen LogP contribution in [0.15, 0.2) is 6.33 Å². The summed E-state index contributed by atoms with van der Waals surface area (Å²) < 4.78 is 0. The molecule has 1 aliphatic heterocycles. The maximum absolute atomic E-state index is 11.0. The summed E-state index contributed by atoms with van der Waals surface area (Å²) in [6.45, 7) is 2.87. The number of nitrogens with zero attached hydrogens (tertiary/aromatic N) is 4. The highest BCUT2D eigenvalue weighted by Gasteiger charge is 2.34. The van der Waals surface area contributed by atoms with Crippen molar-refractivity contribution in [2.75, 3.05) is 25.0 Å². The Morgan fingerprint density at radius 1 is 1.45 bits per heavy atom. The molecule has 108 valence electrons. The second-order valence-corrected chi connectivity index (χ2v) is 5.74. The van der Waals surface area contributed by atoms with Crippen molar-refractivity contribution >= 4 is 23.1 Å². The monoisotopic (exact) mass is 297 g/mol. The molecular weight excluding hydrogens is 282 g/mol. The van der Waals surface area contributed by atoms with E-state index in [2.05, 4.69) is 20.2 Å². The Morgan fingerprint density at radius 3 is 2.95 bits per heavy atom. The van der Waals surface area contributed by atoms with Crippen LogP contribution in [-0.4, -0.2) is 45.5 Å². The summed E-state index contributed by atoms with van der Waals surface area (Å²) in [5.74, 6) is 0.712. The molecule has 0 aromatic carbocycles.